The average Bonchev–Trinajstić information content (AvgIpc) is 3.53. The fraction of sp³-hybridized carbons (Fsp3) is 0.629. The molecule has 4 atom stereocenters. The molecule has 0 spiro atoms. The lowest BCUT2D eigenvalue weighted by molar-refractivity contribution is -0.143. The Hall–Kier alpha value is -3.71. The third-order valence-electron chi connectivity index (χ3n) is 8.41. The summed E-state index contributed by atoms with van der Waals surface area (Å²) in [5.74, 6) is -2.43. The Labute approximate surface area is 289 Å². The smallest absolute Gasteiger partial charge is 0.346 e. The predicted molar refractivity (Wildman–Crippen MR) is 187 cm³/mol. The molecule has 1 heterocycles. The van der Waals surface area contributed by atoms with E-state index in [0.29, 0.717) is 61.9 Å². The van der Waals surface area contributed by atoms with Crippen LogP contribution < -0.4 is 26.6 Å². The molecule has 0 aliphatic carbocycles. The van der Waals surface area contributed by atoms with E-state index in [9.17, 15) is 28.2 Å². The van der Waals surface area contributed by atoms with Crippen molar-refractivity contribution in [2.45, 2.75) is 116 Å². The first-order valence-corrected chi connectivity index (χ1v) is 17.5. The zero-order valence-corrected chi connectivity index (χ0v) is 30.4. The summed E-state index contributed by atoms with van der Waals surface area (Å²) in [6.07, 6.45) is 4.12. The molecule has 1 unspecified atom stereocenters. The van der Waals surface area contributed by atoms with Crippen LogP contribution >= 0.6 is 0 Å². The summed E-state index contributed by atoms with van der Waals surface area (Å²) in [5, 5.41) is 14.5. The molecule has 0 radical (unpaired) electrons. The maximum absolute atomic E-state index is 14.1. The molecule has 266 valence electrons. The zero-order valence-electron chi connectivity index (χ0n) is 29.6. The molecule has 5 N–H and O–H groups in total. The Morgan fingerprint density at radius 1 is 1.02 bits per heavy atom. The maximum Gasteiger partial charge on any atom is 0.505 e. The van der Waals surface area contributed by atoms with Gasteiger partial charge in [0.05, 0.1) is 6.04 Å². The molecular weight excluding hydrogens is 632 g/mol. The first kappa shape index (κ1) is 40.5. The molecule has 2 rings (SSSR count). The number of Topliss-reactive ketones (excluding diaryl/α,β-unsaturated/α-hetero) is 1. The van der Waals surface area contributed by atoms with Crippen molar-refractivity contribution >= 4 is 41.2 Å². The van der Waals surface area contributed by atoms with Crippen molar-refractivity contribution in [3.05, 3.63) is 42.5 Å². The van der Waals surface area contributed by atoms with Gasteiger partial charge in [-0.05, 0) is 30.1 Å². The molecule has 1 fully saturated rings. The molecule has 12 nitrogen and oxygen atoms in total. The van der Waals surface area contributed by atoms with Gasteiger partial charge in [0.25, 0.3) is 10.8 Å². The lowest BCUT2D eigenvalue weighted by atomic mass is 9.85. The molecule has 0 bridgehead atoms. The van der Waals surface area contributed by atoms with E-state index >= 15 is 0 Å². The fourth-order valence-corrected chi connectivity index (χ4v) is 5.84. The Morgan fingerprint density at radius 2 is 1.71 bits per heavy atom. The van der Waals surface area contributed by atoms with Crippen LogP contribution in [0.3, 0.4) is 0 Å². The van der Waals surface area contributed by atoms with Crippen LogP contribution in [0.25, 0.3) is 0 Å². The van der Waals surface area contributed by atoms with Gasteiger partial charge in [0, 0.05) is 48.1 Å². The molecule has 48 heavy (non-hydrogen) atoms. The molecule has 0 saturated carbocycles. The van der Waals surface area contributed by atoms with Crippen LogP contribution in [0.1, 0.15) is 86.1 Å². The molecule has 13 heteroatoms. The van der Waals surface area contributed by atoms with Crippen LogP contribution in [0.4, 0.5) is 4.79 Å². The highest BCUT2D eigenvalue weighted by atomic mass is 32.1. The van der Waals surface area contributed by atoms with Gasteiger partial charge in [-0.1, -0.05) is 85.6 Å². The summed E-state index contributed by atoms with van der Waals surface area (Å²) in [6, 6.07) is 3.68. The van der Waals surface area contributed by atoms with Crippen LogP contribution in [0.5, 0.6) is 0 Å². The van der Waals surface area contributed by atoms with Gasteiger partial charge in [0.2, 0.25) is 17.6 Å². The van der Waals surface area contributed by atoms with E-state index in [-0.39, 0.29) is 18.0 Å². The standard InChI is InChI=1S/C35H54N6O6S/c1-9-11-16-24(28(42)31(44)37-19-10-2)38-30(43)25-17-14-20-41(25)32(45)29(35(6,7)8)40-33(46)39-27(34(3,4)5)22-36-21-23-15-12-13-18-26(23)48-47/h10,12-13,15,18,24-25,27,29,36H,2,9,11,14,16-17,19-22H2,1,3-8H3,(H3-,37,38,39,40,43,44,46)/p+1/t24?,25-,27+,29+/m0/s1. The maximum atomic E-state index is 14.1. The van der Waals surface area contributed by atoms with Crippen molar-refractivity contribution in [1.29, 1.82) is 0 Å². The average molecular weight is 688 g/mol. The molecular formula is C35H55N6O6S+. The number of nitrogens with zero attached hydrogens (tertiary/aromatic N) is 1. The van der Waals surface area contributed by atoms with Crippen molar-refractivity contribution in [3.8, 4) is 0 Å². The summed E-state index contributed by atoms with van der Waals surface area (Å²) in [6.45, 7) is 18.3. The topological polar surface area (TPSA) is 166 Å². The second-order valence-electron chi connectivity index (χ2n) is 14.4. The second kappa shape index (κ2) is 18.7. The Kier molecular flexibility index (Phi) is 15.8. The number of hydrogen-bond donors (Lipinski definition) is 5. The highest BCUT2D eigenvalue weighted by molar-refractivity contribution is 7.65. The van der Waals surface area contributed by atoms with Crippen LogP contribution in [0.15, 0.2) is 41.8 Å². The molecule has 1 aromatic carbocycles. The number of ketones is 1. The van der Waals surface area contributed by atoms with Gasteiger partial charge < -0.3 is 31.5 Å². The number of benzene rings is 1. The third kappa shape index (κ3) is 12.1. The predicted octanol–water partition coefficient (Wildman–Crippen LogP) is 3.23. The van der Waals surface area contributed by atoms with Crippen molar-refractivity contribution in [2.24, 2.45) is 10.8 Å². The van der Waals surface area contributed by atoms with E-state index in [1.54, 1.807) is 6.07 Å². The normalized spacial score (nSPS) is 16.6. The number of unbranched alkanes of at least 4 members (excludes halogenated alkanes) is 1. The lowest BCUT2D eigenvalue weighted by Crippen LogP contribution is -2.61. The van der Waals surface area contributed by atoms with Gasteiger partial charge in [-0.2, -0.15) is 0 Å². The van der Waals surface area contributed by atoms with Crippen molar-refractivity contribution in [2.75, 3.05) is 19.6 Å². The van der Waals surface area contributed by atoms with Crippen LogP contribution in [-0.2, 0) is 41.6 Å². The minimum Gasteiger partial charge on any atom is -0.346 e. The summed E-state index contributed by atoms with van der Waals surface area (Å²) in [4.78, 5) is 68.4. The van der Waals surface area contributed by atoms with Crippen LogP contribution in [0.2, 0.25) is 0 Å². The molecule has 1 saturated heterocycles. The monoisotopic (exact) mass is 687 g/mol. The van der Waals surface area contributed by atoms with Gasteiger partial charge >= 0.3 is 17.7 Å². The number of amides is 5. The number of carbonyl (C=O) groups is 5. The number of urea groups is 1. The third-order valence-corrected chi connectivity index (χ3v) is 8.99. The molecule has 5 amide bonds. The van der Waals surface area contributed by atoms with E-state index in [1.165, 1.54) is 11.0 Å². The van der Waals surface area contributed by atoms with Gasteiger partial charge in [-0.15, -0.1) is 6.58 Å². The minimum atomic E-state index is -1.02. The quantitative estimate of drug-likeness (QED) is 0.0953. The van der Waals surface area contributed by atoms with Gasteiger partial charge in [-0.3, -0.25) is 19.2 Å². The highest BCUT2D eigenvalue weighted by Crippen LogP contribution is 2.26. The van der Waals surface area contributed by atoms with E-state index in [2.05, 4.69) is 33.2 Å². The second-order valence-corrected chi connectivity index (χ2v) is 15.0. The molecule has 1 aliphatic heterocycles. The van der Waals surface area contributed by atoms with Gasteiger partial charge in [0.15, 0.2) is 0 Å². The van der Waals surface area contributed by atoms with E-state index < -0.39 is 53.1 Å². The summed E-state index contributed by atoms with van der Waals surface area (Å²) < 4.78 is 11.5. The van der Waals surface area contributed by atoms with Crippen molar-refractivity contribution in [3.63, 3.8) is 0 Å². The van der Waals surface area contributed by atoms with E-state index in [0.717, 1.165) is 12.0 Å². The molecule has 0 aromatic heterocycles. The Bertz CT molecular complexity index is 1310. The summed E-state index contributed by atoms with van der Waals surface area (Å²) >= 11 is 0.440. The Balaban J connectivity index is 2.16. The summed E-state index contributed by atoms with van der Waals surface area (Å²) in [7, 11) is 0. The zero-order chi connectivity index (χ0) is 36.1. The SMILES string of the molecule is C=CCNC(=O)C(=O)C(CCCC)NC(=O)[C@@H]1CCCN1C(=O)[C@@H](NC(=O)N[C@H](CNCc1ccccc1[S+]=O)C(C)(C)C)C(C)(C)C. The fourth-order valence-electron chi connectivity index (χ4n) is 5.46. The number of rotatable bonds is 17. The largest absolute Gasteiger partial charge is 0.505 e. The van der Waals surface area contributed by atoms with Crippen molar-refractivity contribution in [1.82, 2.24) is 31.5 Å². The number of nitrogens with one attached hydrogen (secondary N) is 5. The number of carbonyl (C=O) groups excluding carboxylic acids is 5. The summed E-state index contributed by atoms with van der Waals surface area (Å²) in [5.41, 5.74) is -0.171. The first-order chi connectivity index (χ1) is 22.5. The van der Waals surface area contributed by atoms with Crippen LogP contribution in [-0.4, -0.2) is 78.2 Å². The van der Waals surface area contributed by atoms with Crippen LogP contribution in [0, 0.1) is 10.8 Å². The minimum absolute atomic E-state index is 0.127. The van der Waals surface area contributed by atoms with E-state index in [1.807, 2.05) is 66.7 Å². The van der Waals surface area contributed by atoms with Gasteiger partial charge in [-0.25, -0.2) is 4.79 Å². The van der Waals surface area contributed by atoms with E-state index in [4.69, 9.17) is 0 Å². The highest BCUT2D eigenvalue weighted by Gasteiger charge is 2.43. The molecule has 1 aromatic rings. The number of hydrogen-bond acceptors (Lipinski definition) is 7. The van der Waals surface area contributed by atoms with Crippen molar-refractivity contribution < 1.29 is 28.2 Å². The first-order valence-electron chi connectivity index (χ1n) is 16.7. The number of likely N-dealkylation sites (tertiary alicyclic amines) is 1. The molecule has 1 aliphatic rings. The Morgan fingerprint density at radius 3 is 2.31 bits per heavy atom. The van der Waals surface area contributed by atoms with Gasteiger partial charge in [0.1, 0.15) is 12.1 Å². The lowest BCUT2D eigenvalue weighted by Gasteiger charge is -2.37.